The van der Waals surface area contributed by atoms with E-state index in [1.165, 1.54) is 16.2 Å². The van der Waals surface area contributed by atoms with E-state index in [2.05, 4.69) is 226 Å². The SMILES string of the molecule is c1ccc(-c2cc(-c3cccc(-c4nc(-c5ccccc5)nc(-n5c6ccccc6c6ccc7c8ccccc8n(-c8ccccc8)c7c65)n4)c3)cc(-n3c4ccccc4c4ccccc43)n2)cc1. The van der Waals surface area contributed by atoms with Gasteiger partial charge < -0.3 is 4.57 Å². The lowest BCUT2D eigenvalue weighted by Crippen LogP contribution is -2.07. The summed E-state index contributed by atoms with van der Waals surface area (Å²) in [7, 11) is 0. The van der Waals surface area contributed by atoms with E-state index in [1.807, 2.05) is 24.3 Å². The number of aromatic nitrogens is 7. The Balaban J connectivity index is 1.01. The maximum atomic E-state index is 5.48. The molecule has 322 valence electrons. The van der Waals surface area contributed by atoms with Crippen molar-refractivity contribution in [3.05, 3.63) is 237 Å². The van der Waals surface area contributed by atoms with Crippen LogP contribution in [0.25, 0.3) is 128 Å². The zero-order valence-electron chi connectivity index (χ0n) is 37.1. The van der Waals surface area contributed by atoms with Gasteiger partial charge in [0.05, 0.1) is 38.8 Å². The molecule has 14 rings (SSSR count). The van der Waals surface area contributed by atoms with Crippen molar-refractivity contribution in [3.8, 4) is 62.6 Å². The smallest absolute Gasteiger partial charge is 0.238 e. The van der Waals surface area contributed by atoms with E-state index in [-0.39, 0.29) is 0 Å². The number of hydrogen-bond acceptors (Lipinski definition) is 4. The van der Waals surface area contributed by atoms with E-state index in [4.69, 9.17) is 19.9 Å². The van der Waals surface area contributed by atoms with Crippen LogP contribution in [-0.4, -0.2) is 33.6 Å². The van der Waals surface area contributed by atoms with Gasteiger partial charge in [-0.1, -0.05) is 182 Å². The molecule has 7 nitrogen and oxygen atoms in total. The fourth-order valence-electron chi connectivity index (χ4n) is 10.4. The van der Waals surface area contributed by atoms with E-state index in [0.29, 0.717) is 17.6 Å². The van der Waals surface area contributed by atoms with Crippen molar-refractivity contribution in [2.75, 3.05) is 0 Å². The van der Waals surface area contributed by atoms with Crippen molar-refractivity contribution in [1.82, 2.24) is 33.6 Å². The Morgan fingerprint density at radius 2 is 0.710 bits per heavy atom. The zero-order chi connectivity index (χ0) is 45.4. The molecule has 5 heterocycles. The maximum Gasteiger partial charge on any atom is 0.238 e. The van der Waals surface area contributed by atoms with Crippen molar-refractivity contribution in [2.45, 2.75) is 0 Å². The lowest BCUT2D eigenvalue weighted by atomic mass is 10.0. The van der Waals surface area contributed by atoms with E-state index in [1.54, 1.807) is 0 Å². The Morgan fingerprint density at radius 3 is 1.32 bits per heavy atom. The summed E-state index contributed by atoms with van der Waals surface area (Å²) in [6, 6.07) is 83.1. The highest BCUT2D eigenvalue weighted by atomic mass is 15.2. The van der Waals surface area contributed by atoms with Gasteiger partial charge in [-0.15, -0.1) is 0 Å². The third kappa shape index (κ3) is 6.21. The summed E-state index contributed by atoms with van der Waals surface area (Å²) in [5.41, 5.74) is 13.3. The van der Waals surface area contributed by atoms with Crippen LogP contribution < -0.4 is 0 Å². The number of pyridine rings is 1. The van der Waals surface area contributed by atoms with Crippen molar-refractivity contribution >= 4 is 65.4 Å². The van der Waals surface area contributed by atoms with Crippen molar-refractivity contribution in [1.29, 1.82) is 0 Å². The number of rotatable bonds is 7. The van der Waals surface area contributed by atoms with Crippen LogP contribution in [0.4, 0.5) is 0 Å². The number of para-hydroxylation sites is 5. The lowest BCUT2D eigenvalue weighted by molar-refractivity contribution is 0.953. The number of fused-ring (bicyclic) bond motifs is 10. The Labute approximate surface area is 396 Å². The number of benzene rings is 9. The molecule has 0 unspecified atom stereocenters. The van der Waals surface area contributed by atoms with Gasteiger partial charge in [0.1, 0.15) is 5.82 Å². The predicted molar refractivity (Wildman–Crippen MR) is 282 cm³/mol. The van der Waals surface area contributed by atoms with Crippen molar-refractivity contribution in [3.63, 3.8) is 0 Å². The number of nitrogens with zero attached hydrogens (tertiary/aromatic N) is 7. The van der Waals surface area contributed by atoms with Crippen LogP contribution >= 0.6 is 0 Å². The van der Waals surface area contributed by atoms with Crippen molar-refractivity contribution in [2.24, 2.45) is 0 Å². The average molecular weight is 882 g/mol. The Kier molecular flexibility index (Phi) is 8.75. The molecule has 7 heteroatoms. The molecule has 0 saturated carbocycles. The fraction of sp³-hybridized carbons (Fsp3) is 0. The summed E-state index contributed by atoms with van der Waals surface area (Å²) < 4.78 is 6.92. The monoisotopic (exact) mass is 881 g/mol. The quantitative estimate of drug-likeness (QED) is 0.160. The summed E-state index contributed by atoms with van der Waals surface area (Å²) in [6.45, 7) is 0. The summed E-state index contributed by atoms with van der Waals surface area (Å²) in [6.07, 6.45) is 0. The minimum atomic E-state index is 0.539. The summed E-state index contributed by atoms with van der Waals surface area (Å²) in [5.74, 6) is 2.54. The molecule has 0 radical (unpaired) electrons. The van der Waals surface area contributed by atoms with Crippen LogP contribution in [-0.2, 0) is 0 Å². The molecule has 5 aromatic heterocycles. The van der Waals surface area contributed by atoms with Gasteiger partial charge in [-0.25, -0.2) is 9.97 Å². The van der Waals surface area contributed by atoms with Gasteiger partial charge in [0.25, 0.3) is 0 Å². The summed E-state index contributed by atoms with van der Waals surface area (Å²) in [5, 5.41) is 6.96. The van der Waals surface area contributed by atoms with Crippen LogP contribution in [0.1, 0.15) is 0 Å². The first-order valence-electron chi connectivity index (χ1n) is 23.2. The average Bonchev–Trinajstić information content (AvgIpc) is 4.07. The van der Waals surface area contributed by atoms with Gasteiger partial charge in [-0.3, -0.25) is 9.13 Å². The van der Waals surface area contributed by atoms with Gasteiger partial charge in [-0.2, -0.15) is 9.97 Å². The molecule has 0 bridgehead atoms. The molecule has 0 amide bonds. The van der Waals surface area contributed by atoms with E-state index < -0.39 is 0 Å². The standard InChI is InChI=1S/C62H39N7/c1-4-19-40(20-5-1)52-38-44(39-57(63-52)68-54-32-15-10-27-46(54)47-28-11-16-33-55(47)68)42-23-18-24-43(37-42)61-64-60(41-21-6-2-7-22-41)65-62(66-61)69-56-34-17-13-30-49(56)51-36-35-50-48-29-12-14-31-53(48)67(58(50)59(51)69)45-25-8-3-9-26-45/h1-39H. The first-order valence-corrected chi connectivity index (χ1v) is 23.2. The molecule has 0 atom stereocenters. The molecule has 0 aliphatic rings. The zero-order valence-corrected chi connectivity index (χ0v) is 37.1. The van der Waals surface area contributed by atoms with Gasteiger partial charge >= 0.3 is 0 Å². The molecule has 0 spiro atoms. The third-order valence-corrected chi connectivity index (χ3v) is 13.5. The molecule has 0 saturated heterocycles. The Bertz CT molecular complexity index is 4250. The highest BCUT2D eigenvalue weighted by Crippen LogP contribution is 2.42. The second kappa shape index (κ2) is 15.6. The minimum absolute atomic E-state index is 0.539. The molecule has 14 aromatic rings. The molecule has 0 fully saturated rings. The van der Waals surface area contributed by atoms with E-state index in [0.717, 1.165) is 94.3 Å². The molecule has 0 aliphatic carbocycles. The van der Waals surface area contributed by atoms with Crippen LogP contribution in [0.2, 0.25) is 0 Å². The van der Waals surface area contributed by atoms with Crippen LogP contribution in [0.3, 0.4) is 0 Å². The van der Waals surface area contributed by atoms with Gasteiger partial charge in [0.2, 0.25) is 5.95 Å². The molecule has 0 N–H and O–H groups in total. The van der Waals surface area contributed by atoms with Crippen LogP contribution in [0.15, 0.2) is 237 Å². The van der Waals surface area contributed by atoms with Crippen LogP contribution in [0.5, 0.6) is 0 Å². The second-order valence-electron chi connectivity index (χ2n) is 17.5. The second-order valence-corrected chi connectivity index (χ2v) is 17.5. The molecular weight excluding hydrogens is 843 g/mol. The third-order valence-electron chi connectivity index (χ3n) is 13.5. The van der Waals surface area contributed by atoms with Crippen LogP contribution in [0, 0.1) is 0 Å². The molecular formula is C62H39N7. The predicted octanol–water partition coefficient (Wildman–Crippen LogP) is 15.2. The summed E-state index contributed by atoms with van der Waals surface area (Å²) in [4.78, 5) is 21.5. The first-order chi connectivity index (χ1) is 34.2. The maximum absolute atomic E-state index is 5.48. The first kappa shape index (κ1) is 38.8. The Hall–Kier alpha value is -9.46. The van der Waals surface area contributed by atoms with Gasteiger partial charge in [-0.05, 0) is 65.7 Å². The molecule has 9 aromatic carbocycles. The van der Waals surface area contributed by atoms with Crippen molar-refractivity contribution < 1.29 is 0 Å². The normalized spacial score (nSPS) is 11.8. The van der Waals surface area contributed by atoms with Gasteiger partial charge in [0, 0.05) is 54.7 Å². The van der Waals surface area contributed by atoms with E-state index >= 15 is 0 Å². The molecule has 69 heavy (non-hydrogen) atoms. The molecule has 0 aliphatic heterocycles. The highest BCUT2D eigenvalue weighted by Gasteiger charge is 2.24. The van der Waals surface area contributed by atoms with E-state index in [9.17, 15) is 0 Å². The van der Waals surface area contributed by atoms with Gasteiger partial charge in [0.15, 0.2) is 11.6 Å². The Morgan fingerprint density at radius 1 is 0.261 bits per heavy atom. The fourth-order valence-corrected chi connectivity index (χ4v) is 10.4. The minimum Gasteiger partial charge on any atom is -0.307 e. The topological polar surface area (TPSA) is 66.3 Å². The largest absolute Gasteiger partial charge is 0.307 e. The highest BCUT2D eigenvalue weighted by molar-refractivity contribution is 6.23. The lowest BCUT2D eigenvalue weighted by Gasteiger charge is -2.14. The number of hydrogen-bond donors (Lipinski definition) is 0. The summed E-state index contributed by atoms with van der Waals surface area (Å²) >= 11 is 0.